The highest BCUT2D eigenvalue weighted by molar-refractivity contribution is 8.15. The Morgan fingerprint density at radius 2 is 1.85 bits per heavy atom. The Morgan fingerprint density at radius 1 is 1.11 bits per heavy atom. The molecule has 10 heteroatoms. The summed E-state index contributed by atoms with van der Waals surface area (Å²) in [5.41, 5.74) is 4.26. The van der Waals surface area contributed by atoms with Crippen LogP contribution in [-0.2, 0) is 9.53 Å². The summed E-state index contributed by atoms with van der Waals surface area (Å²) < 4.78 is 11.4. The van der Waals surface area contributed by atoms with Gasteiger partial charge in [-0.2, -0.15) is 9.78 Å². The molecule has 2 aromatic carbocycles. The Bertz CT molecular complexity index is 927. The van der Waals surface area contributed by atoms with Crippen molar-refractivity contribution in [1.29, 1.82) is 0 Å². The SMILES string of the molecule is COC(=O)C(=NNc1ccc(OC)cc1)Sc1nnnn1-c1ccccc1. The summed E-state index contributed by atoms with van der Waals surface area (Å²) in [4.78, 5) is 12.1. The first-order valence-electron chi connectivity index (χ1n) is 7.79. The molecule has 0 spiro atoms. The molecule has 0 amide bonds. The van der Waals surface area contributed by atoms with Crippen molar-refractivity contribution in [3.8, 4) is 11.4 Å². The normalized spacial score (nSPS) is 11.1. The number of tetrazole rings is 1. The van der Waals surface area contributed by atoms with Gasteiger partial charge in [-0.25, -0.2) is 4.79 Å². The molecule has 0 aliphatic carbocycles. The van der Waals surface area contributed by atoms with Crippen LogP contribution >= 0.6 is 11.8 Å². The number of anilines is 1. The van der Waals surface area contributed by atoms with E-state index in [0.717, 1.165) is 17.4 Å². The summed E-state index contributed by atoms with van der Waals surface area (Å²) in [5, 5.41) is 16.2. The maximum atomic E-state index is 12.1. The molecule has 3 rings (SSSR count). The highest BCUT2D eigenvalue weighted by atomic mass is 32.2. The van der Waals surface area contributed by atoms with Gasteiger partial charge in [0, 0.05) is 0 Å². The van der Waals surface area contributed by atoms with E-state index in [-0.39, 0.29) is 5.04 Å². The minimum Gasteiger partial charge on any atom is -0.497 e. The maximum absolute atomic E-state index is 12.1. The predicted octanol–water partition coefficient (Wildman–Crippen LogP) is 2.36. The number of benzene rings is 2. The number of hydrogen-bond acceptors (Lipinski definition) is 9. The topological polar surface area (TPSA) is 104 Å². The summed E-state index contributed by atoms with van der Waals surface area (Å²) >= 11 is 0.992. The van der Waals surface area contributed by atoms with E-state index in [1.165, 1.54) is 11.8 Å². The fourth-order valence-corrected chi connectivity index (χ4v) is 2.78. The smallest absolute Gasteiger partial charge is 0.365 e. The summed E-state index contributed by atoms with van der Waals surface area (Å²) in [5.74, 6) is 0.109. The van der Waals surface area contributed by atoms with E-state index in [9.17, 15) is 4.79 Å². The standard InChI is InChI=1S/C17H16N6O3S/c1-25-14-10-8-12(9-11-14)18-19-15(16(24)26-2)27-17-20-21-22-23(17)13-6-4-3-5-7-13/h3-11,18H,1-2H3. The van der Waals surface area contributed by atoms with Crippen LogP contribution in [0.1, 0.15) is 0 Å². The minimum atomic E-state index is -0.608. The Morgan fingerprint density at radius 3 is 2.52 bits per heavy atom. The van der Waals surface area contributed by atoms with Crippen LogP contribution in [-0.4, -0.2) is 45.4 Å². The summed E-state index contributed by atoms with van der Waals surface area (Å²) in [6.07, 6.45) is 0. The highest BCUT2D eigenvalue weighted by Gasteiger charge is 2.19. The second-order valence-corrected chi connectivity index (χ2v) is 6.02. The summed E-state index contributed by atoms with van der Waals surface area (Å²) in [7, 11) is 2.87. The van der Waals surface area contributed by atoms with Gasteiger partial charge in [-0.1, -0.05) is 18.2 Å². The lowest BCUT2D eigenvalue weighted by atomic mass is 10.3. The Labute approximate surface area is 159 Å². The van der Waals surface area contributed by atoms with Crippen molar-refractivity contribution in [2.75, 3.05) is 19.6 Å². The molecular formula is C17H16N6O3S. The second-order valence-electron chi connectivity index (χ2n) is 5.06. The molecule has 0 bridgehead atoms. The third kappa shape index (κ3) is 4.61. The lowest BCUT2D eigenvalue weighted by Gasteiger charge is -2.07. The van der Waals surface area contributed by atoms with E-state index in [1.54, 1.807) is 31.4 Å². The number of rotatable bonds is 5. The molecule has 3 aromatic rings. The first kappa shape index (κ1) is 18.4. The molecule has 0 radical (unpaired) electrons. The molecule has 1 heterocycles. The van der Waals surface area contributed by atoms with E-state index in [4.69, 9.17) is 9.47 Å². The lowest BCUT2D eigenvalue weighted by Crippen LogP contribution is -2.15. The molecule has 1 aromatic heterocycles. The van der Waals surface area contributed by atoms with Crippen molar-refractivity contribution in [2.45, 2.75) is 5.16 Å². The fourth-order valence-electron chi connectivity index (χ4n) is 2.04. The van der Waals surface area contributed by atoms with Gasteiger partial charge in [-0.15, -0.1) is 5.10 Å². The number of thioether (sulfide) groups is 1. The van der Waals surface area contributed by atoms with Crippen LogP contribution < -0.4 is 10.2 Å². The lowest BCUT2D eigenvalue weighted by molar-refractivity contribution is -0.132. The predicted molar refractivity (Wildman–Crippen MR) is 101 cm³/mol. The quantitative estimate of drug-likeness (QED) is 0.235. The summed E-state index contributed by atoms with van der Waals surface area (Å²) in [6.45, 7) is 0. The van der Waals surface area contributed by atoms with Crippen molar-refractivity contribution in [3.05, 3.63) is 54.6 Å². The van der Waals surface area contributed by atoms with Gasteiger partial charge in [-0.3, -0.25) is 5.43 Å². The average Bonchev–Trinajstić information content (AvgIpc) is 3.19. The van der Waals surface area contributed by atoms with Gasteiger partial charge in [0.2, 0.25) is 10.2 Å². The van der Waals surface area contributed by atoms with Gasteiger partial charge < -0.3 is 9.47 Å². The molecule has 0 unspecified atom stereocenters. The number of methoxy groups -OCH3 is 2. The van der Waals surface area contributed by atoms with Crippen LogP contribution in [0.15, 0.2) is 64.9 Å². The van der Waals surface area contributed by atoms with Crippen molar-refractivity contribution in [3.63, 3.8) is 0 Å². The van der Waals surface area contributed by atoms with Crippen LogP contribution in [0.25, 0.3) is 5.69 Å². The fraction of sp³-hybridized carbons (Fsp3) is 0.118. The first-order chi connectivity index (χ1) is 13.2. The molecule has 0 fully saturated rings. The number of para-hydroxylation sites is 1. The van der Waals surface area contributed by atoms with Gasteiger partial charge in [-0.05, 0) is 58.6 Å². The zero-order valence-corrected chi connectivity index (χ0v) is 15.4. The molecule has 138 valence electrons. The van der Waals surface area contributed by atoms with Crippen molar-refractivity contribution in [1.82, 2.24) is 20.2 Å². The number of carbonyl (C=O) groups excluding carboxylic acids is 1. The number of nitrogens with one attached hydrogen (secondary N) is 1. The van der Waals surface area contributed by atoms with Crippen LogP contribution in [0, 0.1) is 0 Å². The van der Waals surface area contributed by atoms with Gasteiger partial charge in [0.15, 0.2) is 0 Å². The third-order valence-corrected chi connectivity index (χ3v) is 4.25. The van der Waals surface area contributed by atoms with Gasteiger partial charge in [0.05, 0.1) is 25.6 Å². The van der Waals surface area contributed by atoms with Crippen LogP contribution in [0.3, 0.4) is 0 Å². The van der Waals surface area contributed by atoms with Crippen molar-refractivity contribution < 1.29 is 14.3 Å². The van der Waals surface area contributed by atoms with E-state index >= 15 is 0 Å². The average molecular weight is 384 g/mol. The minimum absolute atomic E-state index is 0.0558. The molecule has 0 saturated carbocycles. The zero-order chi connectivity index (χ0) is 19.1. The molecular weight excluding hydrogens is 368 g/mol. The van der Waals surface area contributed by atoms with Gasteiger partial charge >= 0.3 is 5.97 Å². The van der Waals surface area contributed by atoms with Crippen LogP contribution in [0.4, 0.5) is 5.69 Å². The van der Waals surface area contributed by atoms with Gasteiger partial charge in [0.1, 0.15) is 5.75 Å². The number of nitrogens with zero attached hydrogens (tertiary/aromatic N) is 5. The number of hydrogen-bond donors (Lipinski definition) is 1. The van der Waals surface area contributed by atoms with Crippen molar-refractivity contribution in [2.24, 2.45) is 5.10 Å². The molecule has 0 aliphatic heterocycles. The Hall–Kier alpha value is -3.40. The van der Waals surface area contributed by atoms with Crippen LogP contribution in [0.5, 0.6) is 5.75 Å². The number of carbonyl (C=O) groups is 1. The van der Waals surface area contributed by atoms with E-state index < -0.39 is 5.97 Å². The highest BCUT2D eigenvalue weighted by Crippen LogP contribution is 2.21. The van der Waals surface area contributed by atoms with E-state index in [1.807, 2.05) is 30.3 Å². The molecule has 0 saturated heterocycles. The zero-order valence-electron chi connectivity index (χ0n) is 14.6. The first-order valence-corrected chi connectivity index (χ1v) is 8.60. The maximum Gasteiger partial charge on any atom is 0.365 e. The number of ether oxygens (including phenoxy) is 2. The molecule has 0 atom stereocenters. The van der Waals surface area contributed by atoms with Crippen LogP contribution in [0.2, 0.25) is 0 Å². The summed E-state index contributed by atoms with van der Waals surface area (Å²) in [6, 6.07) is 16.4. The largest absolute Gasteiger partial charge is 0.497 e. The van der Waals surface area contributed by atoms with Crippen molar-refractivity contribution >= 4 is 28.5 Å². The Balaban J connectivity index is 1.82. The molecule has 27 heavy (non-hydrogen) atoms. The number of hydrazone groups is 1. The second kappa shape index (κ2) is 8.81. The molecule has 9 nitrogen and oxygen atoms in total. The molecule has 1 N–H and O–H groups in total. The number of aromatic nitrogens is 4. The van der Waals surface area contributed by atoms with E-state index in [2.05, 4.69) is 26.1 Å². The number of esters is 1. The molecule has 0 aliphatic rings. The monoisotopic (exact) mass is 384 g/mol. The van der Waals surface area contributed by atoms with Gasteiger partial charge in [0.25, 0.3) is 0 Å². The van der Waals surface area contributed by atoms with E-state index in [0.29, 0.717) is 16.6 Å². The Kier molecular flexibility index (Phi) is 6.00. The third-order valence-electron chi connectivity index (χ3n) is 3.37.